The molecule has 122 valence electrons. The Morgan fingerprint density at radius 3 is 2.50 bits per heavy atom. The molecule has 0 spiro atoms. The van der Waals surface area contributed by atoms with Crippen molar-refractivity contribution >= 4 is 16.0 Å². The number of aryl methyl sites for hydroxylation is 1. The van der Waals surface area contributed by atoms with Gasteiger partial charge in [0.25, 0.3) is 0 Å². The molecule has 1 aromatic heterocycles. The van der Waals surface area contributed by atoms with Crippen LogP contribution in [0.2, 0.25) is 0 Å². The van der Waals surface area contributed by atoms with Crippen molar-refractivity contribution in [2.75, 3.05) is 18.0 Å². The lowest BCUT2D eigenvalue weighted by molar-refractivity contribution is 0.503. The van der Waals surface area contributed by atoms with Crippen LogP contribution in [0.15, 0.2) is 12.4 Å². The van der Waals surface area contributed by atoms with E-state index in [0.29, 0.717) is 18.9 Å². The van der Waals surface area contributed by atoms with Gasteiger partial charge in [-0.15, -0.1) is 0 Å². The fraction of sp³-hybridized carbons (Fsp3) is 0.733. The summed E-state index contributed by atoms with van der Waals surface area (Å²) in [5.74, 6) is 0.631. The first-order valence-electron chi connectivity index (χ1n) is 8.09. The van der Waals surface area contributed by atoms with Crippen LogP contribution in [0.5, 0.6) is 0 Å². The normalized spacial score (nSPS) is 23.9. The SMILES string of the molecule is Cc1cnc(N2CCC[C@H](S(=O)(=O)NC3CCCC3)C2)nc1. The summed E-state index contributed by atoms with van der Waals surface area (Å²) in [6, 6.07) is 0.135. The molecule has 1 N–H and O–H groups in total. The molecule has 7 heteroatoms. The Balaban J connectivity index is 1.67. The van der Waals surface area contributed by atoms with E-state index in [1.807, 2.05) is 11.8 Å². The highest BCUT2D eigenvalue weighted by atomic mass is 32.2. The molecule has 1 aromatic rings. The van der Waals surface area contributed by atoms with Crippen LogP contribution in [-0.2, 0) is 10.0 Å². The molecule has 2 fully saturated rings. The first-order chi connectivity index (χ1) is 10.5. The molecule has 0 bridgehead atoms. The largest absolute Gasteiger partial charge is 0.339 e. The zero-order valence-corrected chi connectivity index (χ0v) is 13.8. The summed E-state index contributed by atoms with van der Waals surface area (Å²) in [6.45, 7) is 3.24. The third kappa shape index (κ3) is 3.57. The van der Waals surface area contributed by atoms with Crippen LogP contribution < -0.4 is 9.62 Å². The molecule has 2 heterocycles. The van der Waals surface area contributed by atoms with Gasteiger partial charge in [-0.05, 0) is 38.2 Å². The third-order valence-corrected chi connectivity index (χ3v) is 6.48. The van der Waals surface area contributed by atoms with Crippen molar-refractivity contribution in [3.63, 3.8) is 0 Å². The smallest absolute Gasteiger partial charge is 0.225 e. The van der Waals surface area contributed by atoms with Gasteiger partial charge in [0.05, 0.1) is 5.25 Å². The quantitative estimate of drug-likeness (QED) is 0.911. The van der Waals surface area contributed by atoms with Gasteiger partial charge in [-0.3, -0.25) is 0 Å². The molecular weight excluding hydrogens is 300 g/mol. The first kappa shape index (κ1) is 15.7. The Morgan fingerprint density at radius 2 is 1.82 bits per heavy atom. The van der Waals surface area contributed by atoms with Gasteiger partial charge >= 0.3 is 0 Å². The van der Waals surface area contributed by atoms with Crippen molar-refractivity contribution in [1.29, 1.82) is 0 Å². The van der Waals surface area contributed by atoms with Crippen molar-refractivity contribution in [1.82, 2.24) is 14.7 Å². The third-order valence-electron chi connectivity index (χ3n) is 4.55. The molecule has 6 nitrogen and oxygen atoms in total. The van der Waals surface area contributed by atoms with E-state index in [2.05, 4.69) is 14.7 Å². The highest BCUT2D eigenvalue weighted by Gasteiger charge is 2.33. The zero-order valence-electron chi connectivity index (χ0n) is 13.0. The highest BCUT2D eigenvalue weighted by Crippen LogP contribution is 2.23. The number of hydrogen-bond donors (Lipinski definition) is 1. The second-order valence-corrected chi connectivity index (χ2v) is 8.41. The second kappa shape index (κ2) is 6.50. The minimum absolute atomic E-state index is 0.135. The molecule has 1 atom stereocenters. The van der Waals surface area contributed by atoms with E-state index in [1.54, 1.807) is 12.4 Å². The van der Waals surface area contributed by atoms with Gasteiger partial charge in [0.2, 0.25) is 16.0 Å². The van der Waals surface area contributed by atoms with Crippen molar-refractivity contribution in [3.05, 3.63) is 18.0 Å². The summed E-state index contributed by atoms with van der Waals surface area (Å²) in [5, 5.41) is -0.369. The molecule has 1 saturated heterocycles. The van der Waals surface area contributed by atoms with E-state index in [1.165, 1.54) is 0 Å². The number of sulfonamides is 1. The van der Waals surface area contributed by atoms with Gasteiger partial charge < -0.3 is 4.90 Å². The van der Waals surface area contributed by atoms with Crippen LogP contribution in [0.25, 0.3) is 0 Å². The van der Waals surface area contributed by atoms with Gasteiger partial charge in [-0.2, -0.15) is 0 Å². The Morgan fingerprint density at radius 1 is 1.14 bits per heavy atom. The van der Waals surface area contributed by atoms with E-state index in [-0.39, 0.29) is 11.3 Å². The maximum Gasteiger partial charge on any atom is 0.225 e. The predicted octanol–water partition coefficient (Wildman–Crippen LogP) is 1.62. The van der Waals surface area contributed by atoms with Crippen LogP contribution >= 0.6 is 0 Å². The Labute approximate surface area is 132 Å². The lowest BCUT2D eigenvalue weighted by Gasteiger charge is -2.33. The number of piperidine rings is 1. The van der Waals surface area contributed by atoms with E-state index in [4.69, 9.17) is 0 Å². The Bertz CT molecular complexity index is 596. The summed E-state index contributed by atoms with van der Waals surface area (Å²) in [6.07, 6.45) is 9.31. The summed E-state index contributed by atoms with van der Waals surface area (Å²) in [7, 11) is -3.26. The van der Waals surface area contributed by atoms with Crippen molar-refractivity contribution in [2.45, 2.75) is 56.7 Å². The maximum absolute atomic E-state index is 12.6. The Kier molecular flexibility index (Phi) is 4.63. The van der Waals surface area contributed by atoms with Gasteiger partial charge in [0.15, 0.2) is 0 Å². The summed E-state index contributed by atoms with van der Waals surface area (Å²) >= 11 is 0. The minimum Gasteiger partial charge on any atom is -0.339 e. The van der Waals surface area contributed by atoms with Gasteiger partial charge in [0, 0.05) is 31.5 Å². The number of anilines is 1. The molecule has 3 rings (SSSR count). The lowest BCUT2D eigenvalue weighted by atomic mass is 10.1. The molecule has 0 unspecified atom stereocenters. The van der Waals surface area contributed by atoms with Gasteiger partial charge in [0.1, 0.15) is 0 Å². The molecule has 0 radical (unpaired) electrons. The van der Waals surface area contributed by atoms with E-state index in [9.17, 15) is 8.42 Å². The maximum atomic E-state index is 12.6. The van der Waals surface area contributed by atoms with Crippen LogP contribution in [-0.4, -0.2) is 42.8 Å². The Hall–Kier alpha value is -1.21. The summed E-state index contributed by atoms with van der Waals surface area (Å²) in [5.41, 5.74) is 1.01. The lowest BCUT2D eigenvalue weighted by Crippen LogP contribution is -2.48. The van der Waals surface area contributed by atoms with Crippen LogP contribution in [0.1, 0.15) is 44.1 Å². The molecule has 0 aromatic carbocycles. The number of rotatable bonds is 4. The van der Waals surface area contributed by atoms with Crippen LogP contribution in [0.4, 0.5) is 5.95 Å². The monoisotopic (exact) mass is 324 g/mol. The molecule has 1 aliphatic heterocycles. The number of nitrogens with zero attached hydrogens (tertiary/aromatic N) is 3. The van der Waals surface area contributed by atoms with Crippen molar-refractivity contribution < 1.29 is 8.42 Å². The second-order valence-electron chi connectivity index (χ2n) is 6.41. The van der Waals surface area contributed by atoms with Crippen LogP contribution in [0.3, 0.4) is 0 Å². The predicted molar refractivity (Wildman–Crippen MR) is 86.3 cm³/mol. The molecule has 22 heavy (non-hydrogen) atoms. The average molecular weight is 324 g/mol. The topological polar surface area (TPSA) is 75.2 Å². The zero-order chi connectivity index (χ0) is 15.6. The number of nitrogens with one attached hydrogen (secondary N) is 1. The standard InChI is InChI=1S/C15H24N4O2S/c1-12-9-16-15(17-10-12)19-8-4-7-14(11-19)22(20,21)18-13-5-2-3-6-13/h9-10,13-14,18H,2-8,11H2,1H3/t14-/m0/s1. The molecule has 2 aliphatic rings. The van der Waals surface area contributed by atoms with Gasteiger partial charge in [-0.1, -0.05) is 12.8 Å². The number of hydrogen-bond acceptors (Lipinski definition) is 5. The average Bonchev–Trinajstić information content (AvgIpc) is 3.00. The summed E-state index contributed by atoms with van der Waals surface area (Å²) < 4.78 is 28.1. The van der Waals surface area contributed by atoms with E-state index >= 15 is 0 Å². The van der Waals surface area contributed by atoms with Gasteiger partial charge in [-0.25, -0.2) is 23.1 Å². The molecular formula is C15H24N4O2S. The minimum atomic E-state index is -3.26. The molecule has 1 aliphatic carbocycles. The van der Waals surface area contributed by atoms with E-state index in [0.717, 1.165) is 44.2 Å². The molecule has 0 amide bonds. The van der Waals surface area contributed by atoms with Crippen molar-refractivity contribution in [2.24, 2.45) is 0 Å². The highest BCUT2D eigenvalue weighted by molar-refractivity contribution is 7.90. The summed E-state index contributed by atoms with van der Waals surface area (Å²) in [4.78, 5) is 10.6. The van der Waals surface area contributed by atoms with Crippen molar-refractivity contribution in [3.8, 4) is 0 Å². The van der Waals surface area contributed by atoms with E-state index < -0.39 is 10.0 Å². The molecule has 1 saturated carbocycles. The van der Waals surface area contributed by atoms with Crippen LogP contribution in [0, 0.1) is 6.92 Å². The fourth-order valence-corrected chi connectivity index (χ4v) is 5.04. The fourth-order valence-electron chi connectivity index (χ4n) is 3.29. The first-order valence-corrected chi connectivity index (χ1v) is 9.64. The number of aromatic nitrogens is 2.